The van der Waals surface area contributed by atoms with Crippen LogP contribution in [0, 0.1) is 11.7 Å². The van der Waals surface area contributed by atoms with Gasteiger partial charge in [0.15, 0.2) is 0 Å². The number of hydrogen-bond acceptors (Lipinski definition) is 3. The topological polar surface area (TPSA) is 52.5 Å². The van der Waals surface area contributed by atoms with E-state index in [0.717, 1.165) is 25.7 Å². The fourth-order valence-electron chi connectivity index (χ4n) is 2.93. The summed E-state index contributed by atoms with van der Waals surface area (Å²) < 4.78 is 13.3. The number of halogens is 1. The molecule has 2 rings (SSSR count). The van der Waals surface area contributed by atoms with Gasteiger partial charge in [-0.25, -0.2) is 4.39 Å². The number of nitrogens with one attached hydrogen (secondary N) is 1. The van der Waals surface area contributed by atoms with Gasteiger partial charge in [-0.1, -0.05) is 12.8 Å². The lowest BCUT2D eigenvalue weighted by atomic mass is 9.84. The lowest BCUT2D eigenvalue weighted by Gasteiger charge is -2.33. The summed E-state index contributed by atoms with van der Waals surface area (Å²) in [6.45, 7) is 2.09. The van der Waals surface area contributed by atoms with E-state index in [1.165, 1.54) is 18.2 Å². The van der Waals surface area contributed by atoms with E-state index in [-0.39, 0.29) is 36.2 Å². The molecule has 0 bridgehead atoms. The third-order valence-electron chi connectivity index (χ3n) is 4.06. The lowest BCUT2D eigenvalue weighted by molar-refractivity contribution is 0.147. The minimum absolute atomic E-state index is 0.109. The highest BCUT2D eigenvalue weighted by Gasteiger charge is 2.26. The minimum Gasteiger partial charge on any atom is -0.508 e. The Kier molecular flexibility index (Phi) is 4.77. The van der Waals surface area contributed by atoms with Gasteiger partial charge in [0.25, 0.3) is 0 Å². The van der Waals surface area contributed by atoms with E-state index in [4.69, 9.17) is 0 Å². The van der Waals surface area contributed by atoms with Crippen LogP contribution in [-0.2, 0) is 0 Å². The molecule has 0 saturated heterocycles. The van der Waals surface area contributed by atoms with E-state index in [2.05, 4.69) is 5.32 Å². The zero-order valence-electron chi connectivity index (χ0n) is 11.3. The average molecular weight is 267 g/mol. The summed E-state index contributed by atoms with van der Waals surface area (Å²) >= 11 is 0. The Morgan fingerprint density at radius 2 is 2.11 bits per heavy atom. The van der Waals surface area contributed by atoms with E-state index in [1.807, 2.05) is 6.92 Å². The third-order valence-corrected chi connectivity index (χ3v) is 4.06. The Bertz CT molecular complexity index is 425. The number of phenolic OH excluding ortho intramolecular Hbond substituents is 1. The lowest BCUT2D eigenvalue weighted by Crippen LogP contribution is -2.41. The van der Waals surface area contributed by atoms with E-state index < -0.39 is 0 Å². The first kappa shape index (κ1) is 14.3. The molecule has 1 aromatic rings. The predicted octanol–water partition coefficient (Wildman–Crippen LogP) is 2.73. The molecule has 0 aromatic heterocycles. The van der Waals surface area contributed by atoms with Gasteiger partial charge in [-0.3, -0.25) is 0 Å². The standard InChI is InChI=1S/C15H22FNO2/c1-10(13-8-12(16)6-7-15(13)19)17-14-5-3-2-4-11(14)9-18/h6-8,10-11,14,17-19H,2-5,9H2,1H3. The van der Waals surface area contributed by atoms with E-state index in [9.17, 15) is 14.6 Å². The van der Waals surface area contributed by atoms with Crippen molar-refractivity contribution in [3.63, 3.8) is 0 Å². The van der Waals surface area contributed by atoms with Gasteiger partial charge in [-0.05, 0) is 43.9 Å². The molecule has 0 radical (unpaired) electrons. The van der Waals surface area contributed by atoms with Gasteiger partial charge in [-0.15, -0.1) is 0 Å². The van der Waals surface area contributed by atoms with Crippen LogP contribution in [-0.4, -0.2) is 22.9 Å². The molecule has 0 heterocycles. The van der Waals surface area contributed by atoms with Crippen LogP contribution < -0.4 is 5.32 Å². The molecule has 19 heavy (non-hydrogen) atoms. The van der Waals surface area contributed by atoms with Crippen molar-refractivity contribution in [3.05, 3.63) is 29.6 Å². The SMILES string of the molecule is CC(NC1CCCCC1CO)c1cc(F)ccc1O. The number of aromatic hydroxyl groups is 1. The summed E-state index contributed by atoms with van der Waals surface area (Å²) in [7, 11) is 0. The summed E-state index contributed by atoms with van der Waals surface area (Å²) in [6, 6.07) is 4.10. The van der Waals surface area contributed by atoms with E-state index >= 15 is 0 Å². The molecule has 0 aliphatic heterocycles. The molecule has 0 spiro atoms. The van der Waals surface area contributed by atoms with Crippen molar-refractivity contribution < 1.29 is 14.6 Å². The van der Waals surface area contributed by atoms with Crippen LogP contribution in [0.25, 0.3) is 0 Å². The van der Waals surface area contributed by atoms with Crippen LogP contribution in [0.2, 0.25) is 0 Å². The molecule has 1 fully saturated rings. The number of rotatable bonds is 4. The molecular formula is C15H22FNO2. The zero-order valence-corrected chi connectivity index (χ0v) is 11.3. The fourth-order valence-corrected chi connectivity index (χ4v) is 2.93. The fraction of sp³-hybridized carbons (Fsp3) is 0.600. The van der Waals surface area contributed by atoms with Crippen molar-refractivity contribution in [1.29, 1.82) is 0 Å². The molecule has 3 atom stereocenters. The molecule has 1 saturated carbocycles. The largest absolute Gasteiger partial charge is 0.508 e. The van der Waals surface area contributed by atoms with Crippen LogP contribution in [0.5, 0.6) is 5.75 Å². The Labute approximate surface area is 113 Å². The first-order valence-corrected chi connectivity index (χ1v) is 6.97. The number of phenols is 1. The van der Waals surface area contributed by atoms with Gasteiger partial charge in [-0.2, -0.15) is 0 Å². The van der Waals surface area contributed by atoms with Gasteiger partial charge in [0, 0.05) is 24.3 Å². The Hall–Kier alpha value is -1.13. The smallest absolute Gasteiger partial charge is 0.123 e. The maximum atomic E-state index is 13.3. The highest BCUT2D eigenvalue weighted by atomic mass is 19.1. The minimum atomic E-state index is -0.344. The second kappa shape index (κ2) is 6.35. The van der Waals surface area contributed by atoms with Crippen molar-refractivity contribution >= 4 is 0 Å². The number of aliphatic hydroxyl groups excluding tert-OH is 1. The Morgan fingerprint density at radius 1 is 1.37 bits per heavy atom. The van der Waals surface area contributed by atoms with Crippen LogP contribution in [0.15, 0.2) is 18.2 Å². The number of hydrogen-bond donors (Lipinski definition) is 3. The molecular weight excluding hydrogens is 245 g/mol. The summed E-state index contributed by atoms with van der Waals surface area (Å²) in [5, 5.41) is 22.6. The predicted molar refractivity (Wildman–Crippen MR) is 72.4 cm³/mol. The molecule has 1 aliphatic rings. The zero-order chi connectivity index (χ0) is 13.8. The van der Waals surface area contributed by atoms with Crippen LogP contribution in [0.3, 0.4) is 0 Å². The summed E-state index contributed by atoms with van der Waals surface area (Å²) in [5.41, 5.74) is 0.572. The van der Waals surface area contributed by atoms with Gasteiger partial charge in [0.05, 0.1) is 0 Å². The van der Waals surface area contributed by atoms with Crippen LogP contribution in [0.4, 0.5) is 4.39 Å². The second-order valence-corrected chi connectivity index (χ2v) is 5.43. The number of benzene rings is 1. The monoisotopic (exact) mass is 267 g/mol. The van der Waals surface area contributed by atoms with Crippen molar-refractivity contribution in [1.82, 2.24) is 5.32 Å². The normalized spacial score (nSPS) is 25.2. The van der Waals surface area contributed by atoms with Gasteiger partial charge in [0.1, 0.15) is 11.6 Å². The van der Waals surface area contributed by atoms with Gasteiger partial charge >= 0.3 is 0 Å². The highest BCUT2D eigenvalue weighted by molar-refractivity contribution is 5.34. The van der Waals surface area contributed by atoms with E-state index in [1.54, 1.807) is 0 Å². The van der Waals surface area contributed by atoms with Gasteiger partial charge in [0.2, 0.25) is 0 Å². The van der Waals surface area contributed by atoms with Crippen LogP contribution in [0.1, 0.15) is 44.2 Å². The number of aliphatic hydroxyl groups is 1. The average Bonchev–Trinajstić information content (AvgIpc) is 2.42. The third kappa shape index (κ3) is 3.45. The first-order valence-electron chi connectivity index (χ1n) is 6.97. The van der Waals surface area contributed by atoms with Crippen LogP contribution >= 0.6 is 0 Å². The molecule has 1 aliphatic carbocycles. The summed E-state index contributed by atoms with van der Waals surface area (Å²) in [4.78, 5) is 0. The Morgan fingerprint density at radius 3 is 2.84 bits per heavy atom. The molecule has 0 amide bonds. The molecule has 106 valence electrons. The molecule has 4 heteroatoms. The quantitative estimate of drug-likeness (QED) is 0.786. The Balaban J connectivity index is 2.07. The second-order valence-electron chi connectivity index (χ2n) is 5.43. The highest BCUT2D eigenvalue weighted by Crippen LogP contribution is 2.29. The van der Waals surface area contributed by atoms with Crippen molar-refractivity contribution in [2.24, 2.45) is 5.92 Å². The first-order chi connectivity index (χ1) is 9.11. The van der Waals surface area contributed by atoms with E-state index in [0.29, 0.717) is 5.56 Å². The maximum Gasteiger partial charge on any atom is 0.123 e. The van der Waals surface area contributed by atoms with Crippen molar-refractivity contribution in [2.45, 2.75) is 44.7 Å². The van der Waals surface area contributed by atoms with Crippen molar-refractivity contribution in [3.8, 4) is 5.75 Å². The summed E-state index contributed by atoms with van der Waals surface area (Å²) in [6.07, 6.45) is 4.35. The molecule has 3 N–H and O–H groups in total. The summed E-state index contributed by atoms with van der Waals surface area (Å²) in [5.74, 6) is 0.0217. The molecule has 3 unspecified atom stereocenters. The maximum absolute atomic E-state index is 13.3. The van der Waals surface area contributed by atoms with Crippen molar-refractivity contribution in [2.75, 3.05) is 6.61 Å². The molecule has 1 aromatic carbocycles. The molecule has 3 nitrogen and oxygen atoms in total. The van der Waals surface area contributed by atoms with Gasteiger partial charge < -0.3 is 15.5 Å².